The minimum atomic E-state index is -4.60. The number of allylic oxidation sites excluding steroid dienone is 2. The molecule has 0 aromatic carbocycles. The van der Waals surface area contributed by atoms with E-state index in [1.165, 1.54) is 128 Å². The van der Waals surface area contributed by atoms with E-state index in [0.717, 1.165) is 51.4 Å². The number of nitrogens with one attached hydrogen (secondary N) is 1. The highest BCUT2D eigenvalue weighted by atomic mass is 31.2. The lowest BCUT2D eigenvalue weighted by atomic mass is 10.0. The van der Waals surface area contributed by atoms with Gasteiger partial charge in [-0.15, -0.1) is 4.73 Å². The average Bonchev–Trinajstić information content (AvgIpc) is 3.63. The zero-order valence-electron chi connectivity index (χ0n) is 42.3. The Kier molecular flexibility index (Phi) is 40.2. The van der Waals surface area contributed by atoms with Crippen molar-refractivity contribution in [2.24, 2.45) is 0 Å². The van der Waals surface area contributed by atoms with E-state index in [1.54, 1.807) is 0 Å². The van der Waals surface area contributed by atoms with Gasteiger partial charge in [0.15, 0.2) is 6.10 Å². The summed E-state index contributed by atoms with van der Waals surface area (Å²) in [5.41, 5.74) is 0. The highest BCUT2D eigenvalue weighted by Crippen LogP contribution is 2.43. The molecule has 394 valence electrons. The van der Waals surface area contributed by atoms with Crippen LogP contribution in [0.15, 0.2) is 24.3 Å². The van der Waals surface area contributed by atoms with Gasteiger partial charge in [-0.05, 0) is 44.9 Å². The van der Waals surface area contributed by atoms with Crippen LogP contribution in [-0.4, -0.2) is 76.1 Å². The molecule has 0 bridgehead atoms. The smallest absolute Gasteiger partial charge is 0.472 e. The highest BCUT2D eigenvalue weighted by Gasteiger charge is 2.26. The van der Waals surface area contributed by atoms with E-state index in [1.807, 2.05) is 12.2 Å². The van der Waals surface area contributed by atoms with Gasteiger partial charge >= 0.3 is 25.7 Å². The number of hydrogen-bond acceptors (Lipinski definition) is 12. The molecule has 1 aromatic rings. The molecular weight excluding hydrogens is 892 g/mol. The number of rotatable bonds is 48. The summed E-state index contributed by atoms with van der Waals surface area (Å²) in [6.07, 6.45) is 37.8. The number of hydrogen-bond donors (Lipinski definition) is 4. The highest BCUT2D eigenvalue weighted by molar-refractivity contribution is 7.47. The number of nitrogens with zero attached hydrogens (tertiary/aromatic N) is 1. The normalized spacial score (nSPS) is 12.8. The van der Waals surface area contributed by atoms with Crippen LogP contribution in [0.4, 0.5) is 0 Å². The van der Waals surface area contributed by atoms with Crippen molar-refractivity contribution in [3.63, 3.8) is 0 Å². The first-order chi connectivity index (χ1) is 33.0. The van der Waals surface area contributed by atoms with Crippen LogP contribution in [-0.2, 0) is 42.3 Å². The van der Waals surface area contributed by atoms with Crippen LogP contribution in [0.25, 0.3) is 0 Å². The molecule has 1 aromatic heterocycles. The van der Waals surface area contributed by atoms with E-state index in [0.29, 0.717) is 36.8 Å². The number of carbonyl (C=O) groups excluding carboxylic acids is 4. The summed E-state index contributed by atoms with van der Waals surface area (Å²) in [6.45, 7) is 3.34. The number of ether oxygens (including phenoxy) is 2. The lowest BCUT2D eigenvalue weighted by Gasteiger charge is -2.20. The largest absolute Gasteiger partial charge is 0.492 e. The Balaban J connectivity index is 2.35. The van der Waals surface area contributed by atoms with Gasteiger partial charge in [0.2, 0.25) is 17.7 Å². The van der Waals surface area contributed by atoms with E-state index in [4.69, 9.17) is 23.4 Å². The number of amides is 1. The van der Waals surface area contributed by atoms with Gasteiger partial charge in [0.25, 0.3) is 0 Å². The van der Waals surface area contributed by atoms with Gasteiger partial charge in [-0.25, -0.2) is 9.36 Å². The summed E-state index contributed by atoms with van der Waals surface area (Å²) in [7, 11) is -4.60. The van der Waals surface area contributed by atoms with Crippen LogP contribution >= 0.6 is 7.82 Å². The van der Waals surface area contributed by atoms with Gasteiger partial charge in [0.1, 0.15) is 6.61 Å². The Morgan fingerprint density at radius 2 is 0.985 bits per heavy atom. The molecule has 16 heteroatoms. The molecule has 0 spiro atoms. The Morgan fingerprint density at radius 3 is 1.49 bits per heavy atom. The van der Waals surface area contributed by atoms with Gasteiger partial charge in [0, 0.05) is 44.4 Å². The van der Waals surface area contributed by atoms with Crippen LogP contribution in [0.3, 0.4) is 0 Å². The third-order valence-corrected chi connectivity index (χ3v) is 12.7. The number of unbranched alkanes of at least 4 members (excludes halogenated alkanes) is 27. The number of carbonyl (C=O) groups is 4. The van der Waals surface area contributed by atoms with Crippen LogP contribution in [0, 0.1) is 0 Å². The molecule has 2 atom stereocenters. The van der Waals surface area contributed by atoms with Crippen molar-refractivity contribution in [1.29, 1.82) is 0 Å². The molecule has 0 aliphatic rings. The molecule has 0 fully saturated rings. The number of esters is 2. The predicted molar refractivity (Wildman–Crippen MR) is 267 cm³/mol. The van der Waals surface area contributed by atoms with Gasteiger partial charge < -0.3 is 34.7 Å². The number of phosphoric ester groups is 1. The Bertz CT molecular complexity index is 1480. The maximum Gasteiger partial charge on any atom is 0.472 e. The van der Waals surface area contributed by atoms with Gasteiger partial charge in [0.05, 0.1) is 13.2 Å². The van der Waals surface area contributed by atoms with E-state index < -0.39 is 38.4 Å². The molecule has 0 saturated carbocycles. The quantitative estimate of drug-likeness (QED) is 0.0208. The Morgan fingerprint density at radius 1 is 0.559 bits per heavy atom. The van der Waals surface area contributed by atoms with Crippen molar-refractivity contribution in [2.45, 2.75) is 245 Å². The summed E-state index contributed by atoms with van der Waals surface area (Å²) in [5, 5.41) is 21.7. The van der Waals surface area contributed by atoms with Crippen molar-refractivity contribution >= 4 is 31.6 Å². The Hall–Kier alpha value is -3.39. The topological polar surface area (TPSA) is 209 Å². The van der Waals surface area contributed by atoms with Crippen LogP contribution in [0.2, 0.25) is 0 Å². The molecule has 68 heavy (non-hydrogen) atoms. The van der Waals surface area contributed by atoms with Crippen LogP contribution in [0.5, 0.6) is 11.8 Å². The maximum absolute atomic E-state index is 12.8. The van der Waals surface area contributed by atoms with Crippen molar-refractivity contribution in [3.8, 4) is 11.8 Å². The fourth-order valence-corrected chi connectivity index (χ4v) is 8.39. The zero-order chi connectivity index (χ0) is 49.8. The summed E-state index contributed by atoms with van der Waals surface area (Å²) < 4.78 is 34.6. The second-order valence-electron chi connectivity index (χ2n) is 18.1. The molecule has 0 radical (unpaired) electrons. The van der Waals surface area contributed by atoms with Crippen molar-refractivity contribution < 1.29 is 62.2 Å². The number of aromatic nitrogens is 1. The predicted octanol–water partition coefficient (Wildman–Crippen LogP) is 12.8. The molecular formula is C52H93N2O13P. The fourth-order valence-electron chi connectivity index (χ4n) is 7.64. The van der Waals surface area contributed by atoms with Crippen LogP contribution < -0.4 is 10.2 Å². The van der Waals surface area contributed by atoms with Crippen molar-refractivity contribution in [3.05, 3.63) is 24.3 Å². The molecule has 1 rings (SSSR count). The molecule has 4 N–H and O–H groups in total. The van der Waals surface area contributed by atoms with E-state index in [9.17, 15) is 38.8 Å². The van der Waals surface area contributed by atoms with E-state index >= 15 is 0 Å². The second-order valence-corrected chi connectivity index (χ2v) is 19.6. The molecule has 1 unspecified atom stereocenters. The van der Waals surface area contributed by atoms with E-state index in [2.05, 4.69) is 19.2 Å². The summed E-state index contributed by atoms with van der Waals surface area (Å²) in [6, 6.07) is 2.42. The second kappa shape index (κ2) is 43.6. The lowest BCUT2D eigenvalue weighted by Crippen LogP contribution is -2.30. The molecule has 0 saturated heterocycles. The van der Waals surface area contributed by atoms with Gasteiger partial charge in [-0.1, -0.05) is 180 Å². The summed E-state index contributed by atoms with van der Waals surface area (Å²) in [5.74, 6) is -2.48. The number of aromatic hydroxyl groups is 2. The van der Waals surface area contributed by atoms with Crippen molar-refractivity contribution in [2.75, 3.05) is 26.4 Å². The SMILES string of the molecule is CCCCCCCCCCCCCCCC(=O)OC[C@H](COP(=O)(O)OCCNC(=O)CCCC=CCCCCC(=O)On1c(O)ccc1O)OC(=O)CCCCCCCCCCCCCCC. The number of phosphoric acid groups is 1. The average molecular weight is 985 g/mol. The van der Waals surface area contributed by atoms with Gasteiger partial charge in [-0.2, -0.15) is 0 Å². The minimum Gasteiger partial charge on any atom is -0.492 e. The molecule has 0 aliphatic carbocycles. The minimum absolute atomic E-state index is 0.0249. The molecule has 1 amide bonds. The van der Waals surface area contributed by atoms with Gasteiger partial charge in [-0.3, -0.25) is 23.4 Å². The molecule has 1 heterocycles. The van der Waals surface area contributed by atoms with Crippen LogP contribution in [0.1, 0.15) is 239 Å². The third kappa shape index (κ3) is 38.5. The monoisotopic (exact) mass is 985 g/mol. The first-order valence-corrected chi connectivity index (χ1v) is 28.2. The molecule has 15 nitrogen and oxygen atoms in total. The lowest BCUT2D eigenvalue weighted by molar-refractivity contribution is -0.161. The summed E-state index contributed by atoms with van der Waals surface area (Å²) >= 11 is 0. The molecule has 0 aliphatic heterocycles. The third-order valence-electron chi connectivity index (χ3n) is 11.7. The van der Waals surface area contributed by atoms with E-state index in [-0.39, 0.29) is 63.1 Å². The standard InChI is InChI=1S/C52H93N2O13P/c1-3-5-7-9-11-13-15-17-19-21-25-29-33-37-50(58)63-44-46(66-51(59)38-34-30-26-22-20-18-16-14-12-10-8-6-4-2)45-65-68(61,62)64-43-42-53-47(55)36-32-28-24-23-27-31-35-39-52(60)67-54-48(56)40-41-49(54)57/h23-24,40-41,46,56-57H,3-22,25-39,42-45H2,1-2H3,(H,53,55)(H,61,62)/t46-/m1/s1. The summed E-state index contributed by atoms with van der Waals surface area (Å²) in [4.78, 5) is 64.8. The Labute approximate surface area is 409 Å². The maximum atomic E-state index is 12.8. The fraction of sp³-hybridized carbons (Fsp3) is 0.808. The zero-order valence-corrected chi connectivity index (χ0v) is 43.2. The first-order valence-electron chi connectivity index (χ1n) is 26.7. The van der Waals surface area contributed by atoms with Crippen molar-refractivity contribution in [1.82, 2.24) is 10.0 Å². The first kappa shape index (κ1) is 62.6.